The summed E-state index contributed by atoms with van der Waals surface area (Å²) < 4.78 is 66.3. The van der Waals surface area contributed by atoms with E-state index in [0.29, 0.717) is 23.1 Å². The van der Waals surface area contributed by atoms with Gasteiger partial charge in [-0.05, 0) is 24.6 Å². The van der Waals surface area contributed by atoms with Crippen LogP contribution < -0.4 is 9.47 Å². The van der Waals surface area contributed by atoms with E-state index in [4.69, 9.17) is 32.3 Å². The van der Waals surface area contributed by atoms with Crippen LogP contribution >= 0.6 is 46.3 Å². The highest BCUT2D eigenvalue weighted by molar-refractivity contribution is 8.04. The second kappa shape index (κ2) is 10.5. The molecule has 1 aliphatic heterocycles. The van der Waals surface area contributed by atoms with Crippen LogP contribution in [0.15, 0.2) is 46.3 Å². The van der Waals surface area contributed by atoms with E-state index in [1.54, 1.807) is 12.1 Å². The smallest absolute Gasteiger partial charge is 0.265 e. The van der Waals surface area contributed by atoms with Crippen LogP contribution in [0, 0.1) is 0 Å². The summed E-state index contributed by atoms with van der Waals surface area (Å²) in [6.07, 6.45) is 2.38. The Kier molecular flexibility index (Phi) is 8.04. The zero-order valence-electron chi connectivity index (χ0n) is 18.1. The molecule has 1 aliphatic rings. The molecule has 2 heterocycles. The summed E-state index contributed by atoms with van der Waals surface area (Å²) in [4.78, 5) is 2.79. The normalized spacial score (nSPS) is 15.3. The Hall–Kier alpha value is -1.38. The zero-order valence-corrected chi connectivity index (χ0v) is 22.9. The summed E-state index contributed by atoms with van der Waals surface area (Å²) in [5, 5.41) is 2.44. The SMILES string of the molecule is O=S(=O)(O)CCCN1/C(=C\c2sc3ccccc3[n+]2CCCS(=O)(=O)O)Sc2cc(Cl)c(Cl)cc21. The van der Waals surface area contributed by atoms with E-state index in [1.165, 1.54) is 23.1 Å². The van der Waals surface area contributed by atoms with Crippen molar-refractivity contribution in [1.82, 2.24) is 0 Å². The first-order chi connectivity index (χ1) is 16.4. The van der Waals surface area contributed by atoms with Crippen LogP contribution in [-0.2, 0) is 26.8 Å². The van der Waals surface area contributed by atoms with Gasteiger partial charge in [0, 0.05) is 23.9 Å². The molecule has 0 saturated carbocycles. The quantitative estimate of drug-likeness (QED) is 0.263. The maximum Gasteiger partial charge on any atom is 0.265 e. The lowest BCUT2D eigenvalue weighted by atomic mass is 10.2. The first kappa shape index (κ1) is 26.7. The number of thiazole rings is 1. The van der Waals surface area contributed by atoms with Gasteiger partial charge in [0.15, 0.2) is 6.54 Å². The molecule has 14 heteroatoms. The van der Waals surface area contributed by atoms with E-state index in [1.807, 2.05) is 39.8 Å². The van der Waals surface area contributed by atoms with Crippen LogP contribution in [0.2, 0.25) is 10.0 Å². The van der Waals surface area contributed by atoms with Gasteiger partial charge in [-0.3, -0.25) is 9.11 Å². The highest BCUT2D eigenvalue weighted by Crippen LogP contribution is 2.49. The monoisotopic (exact) mass is 595 g/mol. The predicted octanol–water partition coefficient (Wildman–Crippen LogP) is 4.96. The van der Waals surface area contributed by atoms with Crippen molar-refractivity contribution in [3.63, 3.8) is 0 Å². The average molecular weight is 597 g/mol. The number of thioether (sulfide) groups is 1. The number of fused-ring (bicyclic) bond motifs is 2. The Labute approximate surface area is 221 Å². The standard InChI is InChI=1S/C21H20Cl2N2O6S4/c22-14-11-17-19(12-15(14)23)33-21(25(17)8-4-10-35(29,30)31)13-20-24(7-3-9-34(26,27)28)16-5-1-2-6-18(16)32-20/h1-2,5-6,11-13H,3-4,7-10H2,(H-,26,27,28,29,30,31)/p+1. The molecule has 8 nitrogen and oxygen atoms in total. The van der Waals surface area contributed by atoms with Gasteiger partial charge in [-0.1, -0.05) is 58.4 Å². The average Bonchev–Trinajstić information content (AvgIpc) is 3.25. The van der Waals surface area contributed by atoms with Gasteiger partial charge in [0.05, 0.1) is 38.3 Å². The fourth-order valence-corrected chi connectivity index (χ4v) is 7.46. The Balaban J connectivity index is 1.73. The van der Waals surface area contributed by atoms with Gasteiger partial charge >= 0.3 is 0 Å². The summed E-state index contributed by atoms with van der Waals surface area (Å²) >= 11 is 15.5. The van der Waals surface area contributed by atoms with Crippen LogP contribution in [0.4, 0.5) is 5.69 Å². The van der Waals surface area contributed by atoms with Crippen molar-refractivity contribution in [3.8, 4) is 0 Å². The van der Waals surface area contributed by atoms with Crippen LogP contribution in [0.25, 0.3) is 16.3 Å². The fourth-order valence-electron chi connectivity index (χ4n) is 3.74. The van der Waals surface area contributed by atoms with Gasteiger partial charge in [0.2, 0.25) is 5.52 Å². The molecule has 0 radical (unpaired) electrons. The third-order valence-electron chi connectivity index (χ3n) is 5.22. The van der Waals surface area contributed by atoms with Crippen molar-refractivity contribution >= 4 is 88.5 Å². The number of halogens is 2. The van der Waals surface area contributed by atoms with Crippen molar-refractivity contribution in [3.05, 3.63) is 56.5 Å². The Morgan fingerprint density at radius 1 is 0.971 bits per heavy atom. The van der Waals surface area contributed by atoms with Gasteiger partial charge in [-0.2, -0.15) is 21.4 Å². The van der Waals surface area contributed by atoms with Gasteiger partial charge in [0.25, 0.3) is 25.2 Å². The molecule has 3 aromatic rings. The molecule has 0 saturated heterocycles. The topological polar surface area (TPSA) is 116 Å². The van der Waals surface area contributed by atoms with Crippen molar-refractivity contribution < 1.29 is 30.5 Å². The van der Waals surface area contributed by atoms with E-state index in [9.17, 15) is 16.8 Å². The van der Waals surface area contributed by atoms with Crippen LogP contribution in [0.1, 0.15) is 17.8 Å². The predicted molar refractivity (Wildman–Crippen MR) is 142 cm³/mol. The molecule has 4 rings (SSSR count). The van der Waals surface area contributed by atoms with Crippen molar-refractivity contribution in [2.24, 2.45) is 0 Å². The largest absolute Gasteiger partial charge is 0.335 e. The molecule has 188 valence electrons. The molecular formula is C21H21Cl2N2O6S4+. The summed E-state index contributed by atoms with van der Waals surface area (Å²) in [6.45, 7) is 0.693. The van der Waals surface area contributed by atoms with E-state index < -0.39 is 20.2 Å². The highest BCUT2D eigenvalue weighted by Gasteiger charge is 2.29. The molecule has 2 N–H and O–H groups in total. The number of hydrogen-bond acceptors (Lipinski definition) is 7. The summed E-state index contributed by atoms with van der Waals surface area (Å²) in [7, 11) is -8.18. The minimum atomic E-state index is -4.10. The lowest BCUT2D eigenvalue weighted by Gasteiger charge is -2.20. The molecule has 0 atom stereocenters. The summed E-state index contributed by atoms with van der Waals surface area (Å²) in [5.41, 5.74) is 1.72. The molecule has 0 unspecified atom stereocenters. The first-order valence-corrected chi connectivity index (χ1v) is 16.0. The lowest BCUT2D eigenvalue weighted by molar-refractivity contribution is -0.668. The van der Waals surface area contributed by atoms with Crippen LogP contribution in [0.5, 0.6) is 0 Å². The Morgan fingerprint density at radius 3 is 2.34 bits per heavy atom. The minimum absolute atomic E-state index is 0.192. The number of para-hydroxylation sites is 1. The molecule has 0 amide bonds. The molecule has 2 aromatic carbocycles. The zero-order chi connectivity index (χ0) is 25.4. The lowest BCUT2D eigenvalue weighted by Crippen LogP contribution is -2.36. The molecule has 35 heavy (non-hydrogen) atoms. The highest BCUT2D eigenvalue weighted by atomic mass is 35.5. The number of anilines is 1. The summed E-state index contributed by atoms with van der Waals surface area (Å²) in [5.74, 6) is -0.726. The fraction of sp³-hybridized carbons (Fsp3) is 0.286. The molecule has 0 spiro atoms. The van der Waals surface area contributed by atoms with Gasteiger partial charge in [-0.25, -0.2) is 0 Å². The molecule has 0 aliphatic carbocycles. The summed E-state index contributed by atoms with van der Waals surface area (Å²) in [6, 6.07) is 11.2. The third kappa shape index (κ3) is 6.69. The molecular weight excluding hydrogens is 575 g/mol. The maximum absolute atomic E-state index is 11.3. The third-order valence-corrected chi connectivity index (χ3v) is 9.76. The Morgan fingerprint density at radius 2 is 1.63 bits per heavy atom. The second-order valence-electron chi connectivity index (χ2n) is 7.81. The number of nitrogens with zero attached hydrogens (tertiary/aromatic N) is 2. The minimum Gasteiger partial charge on any atom is -0.335 e. The van der Waals surface area contributed by atoms with Gasteiger partial charge in [-0.15, -0.1) is 0 Å². The van der Waals surface area contributed by atoms with E-state index in [0.717, 1.165) is 30.8 Å². The molecule has 0 bridgehead atoms. The Bertz CT molecular complexity index is 1520. The molecule has 1 aromatic heterocycles. The molecule has 0 fully saturated rings. The number of aromatic nitrogens is 1. The van der Waals surface area contributed by atoms with Crippen LogP contribution in [0.3, 0.4) is 0 Å². The number of hydrogen-bond donors (Lipinski definition) is 2. The van der Waals surface area contributed by atoms with Crippen LogP contribution in [-0.4, -0.2) is 44.0 Å². The van der Waals surface area contributed by atoms with Gasteiger partial charge in [0.1, 0.15) is 4.70 Å². The van der Waals surface area contributed by atoms with Crippen molar-refractivity contribution in [2.45, 2.75) is 24.3 Å². The number of aryl methyl sites for hydroxylation is 1. The van der Waals surface area contributed by atoms with Gasteiger partial charge < -0.3 is 4.90 Å². The second-order valence-corrected chi connectivity index (χ2v) is 13.9. The van der Waals surface area contributed by atoms with Crippen molar-refractivity contribution in [2.75, 3.05) is 23.0 Å². The van der Waals surface area contributed by atoms with E-state index in [-0.39, 0.29) is 24.3 Å². The van der Waals surface area contributed by atoms with Crippen molar-refractivity contribution in [1.29, 1.82) is 0 Å². The van der Waals surface area contributed by atoms with E-state index >= 15 is 0 Å². The first-order valence-electron chi connectivity index (χ1n) is 10.4. The van der Waals surface area contributed by atoms with E-state index in [2.05, 4.69) is 0 Å². The maximum atomic E-state index is 11.3. The number of benzene rings is 2. The number of rotatable bonds is 9.